The smallest absolute Gasteiger partial charge is 0.107 e. The van der Waals surface area contributed by atoms with Crippen LogP contribution in [0.15, 0.2) is 41.9 Å². The highest BCUT2D eigenvalue weighted by atomic mass is 32.1. The molecule has 1 aromatic heterocycles. The highest BCUT2D eigenvalue weighted by molar-refractivity contribution is 7.80. The summed E-state index contributed by atoms with van der Waals surface area (Å²) in [6.07, 6.45) is 1.83. The minimum absolute atomic E-state index is 0.0252. The molecule has 6 heteroatoms. The first-order valence-electron chi connectivity index (χ1n) is 7.37. The van der Waals surface area contributed by atoms with Crippen molar-refractivity contribution in [2.24, 2.45) is 0 Å². The lowest BCUT2D eigenvalue weighted by atomic mass is 10.00. The van der Waals surface area contributed by atoms with E-state index < -0.39 is 0 Å². The number of morpholine rings is 1. The third kappa shape index (κ3) is 3.89. The van der Waals surface area contributed by atoms with Crippen molar-refractivity contribution in [2.75, 3.05) is 33.0 Å². The Morgan fingerprint density at radius 3 is 2.77 bits per heavy atom. The van der Waals surface area contributed by atoms with Crippen LogP contribution in [0.5, 0.6) is 0 Å². The first kappa shape index (κ1) is 15.6. The van der Waals surface area contributed by atoms with E-state index in [-0.39, 0.29) is 5.92 Å². The average molecular weight is 333 g/mol. The lowest BCUT2D eigenvalue weighted by Gasteiger charge is -2.28. The number of nitrogens with zero attached hydrogens (tertiary/aromatic N) is 2. The van der Waals surface area contributed by atoms with Crippen LogP contribution in [-0.4, -0.2) is 47.8 Å². The van der Waals surface area contributed by atoms with E-state index in [9.17, 15) is 0 Å². The highest BCUT2D eigenvalue weighted by Crippen LogP contribution is 2.27. The Bertz CT molecular complexity index is 583. The van der Waals surface area contributed by atoms with Crippen molar-refractivity contribution in [1.82, 2.24) is 15.2 Å². The number of thiazole rings is 1. The lowest BCUT2D eigenvalue weighted by Crippen LogP contribution is -2.44. The van der Waals surface area contributed by atoms with Gasteiger partial charge >= 0.3 is 0 Å². The van der Waals surface area contributed by atoms with Gasteiger partial charge in [0, 0.05) is 24.7 Å². The van der Waals surface area contributed by atoms with Crippen LogP contribution >= 0.6 is 23.6 Å². The van der Waals surface area contributed by atoms with E-state index in [1.807, 2.05) is 29.8 Å². The molecule has 116 valence electrons. The Hall–Kier alpha value is -1.34. The van der Waals surface area contributed by atoms with Crippen molar-refractivity contribution in [3.05, 3.63) is 52.5 Å². The van der Waals surface area contributed by atoms with Gasteiger partial charge in [-0.25, -0.2) is 4.98 Å². The summed E-state index contributed by atoms with van der Waals surface area (Å²) in [5.41, 5.74) is 1.18. The molecule has 1 atom stereocenters. The topological polar surface area (TPSA) is 37.4 Å². The van der Waals surface area contributed by atoms with Crippen molar-refractivity contribution in [1.29, 1.82) is 0 Å². The van der Waals surface area contributed by atoms with Gasteiger partial charge in [0.2, 0.25) is 0 Å². The average Bonchev–Trinajstić information content (AvgIpc) is 3.09. The molecule has 4 nitrogen and oxygen atoms in total. The predicted molar refractivity (Wildman–Crippen MR) is 93.4 cm³/mol. The summed E-state index contributed by atoms with van der Waals surface area (Å²) in [6, 6.07) is 10.3. The van der Waals surface area contributed by atoms with Gasteiger partial charge in [-0.3, -0.25) is 4.90 Å². The van der Waals surface area contributed by atoms with Crippen LogP contribution < -0.4 is 5.32 Å². The lowest BCUT2D eigenvalue weighted by molar-refractivity contribution is 0.0367. The number of ether oxygens (including phenoxy) is 1. The van der Waals surface area contributed by atoms with Crippen LogP contribution in [0.3, 0.4) is 0 Å². The van der Waals surface area contributed by atoms with Gasteiger partial charge in [-0.2, -0.15) is 0 Å². The van der Waals surface area contributed by atoms with Crippen molar-refractivity contribution in [2.45, 2.75) is 5.92 Å². The maximum atomic E-state index is 5.67. The molecule has 22 heavy (non-hydrogen) atoms. The molecule has 1 aromatic carbocycles. The molecule has 3 rings (SSSR count). The first-order chi connectivity index (χ1) is 10.8. The maximum Gasteiger partial charge on any atom is 0.107 e. The molecule has 1 aliphatic rings. The summed E-state index contributed by atoms with van der Waals surface area (Å²) in [5, 5.41) is 6.44. The number of hydrogen-bond donors (Lipinski definition) is 1. The molecule has 0 amide bonds. The van der Waals surface area contributed by atoms with Gasteiger partial charge in [0.05, 0.1) is 30.8 Å². The number of rotatable bonds is 5. The van der Waals surface area contributed by atoms with Crippen LogP contribution in [0.2, 0.25) is 0 Å². The molecule has 1 N–H and O–H groups in total. The zero-order valence-corrected chi connectivity index (χ0v) is 13.9. The summed E-state index contributed by atoms with van der Waals surface area (Å²) in [7, 11) is 0. The summed E-state index contributed by atoms with van der Waals surface area (Å²) >= 11 is 7.31. The van der Waals surface area contributed by atoms with Crippen molar-refractivity contribution in [3.63, 3.8) is 0 Å². The first-order valence-corrected chi connectivity index (χ1v) is 8.65. The molecular weight excluding hydrogens is 314 g/mol. The van der Waals surface area contributed by atoms with Crippen molar-refractivity contribution in [3.8, 4) is 0 Å². The molecule has 2 aromatic rings. The van der Waals surface area contributed by atoms with Gasteiger partial charge in [-0.05, 0) is 5.56 Å². The summed E-state index contributed by atoms with van der Waals surface area (Å²) in [6.45, 7) is 4.24. The summed E-state index contributed by atoms with van der Waals surface area (Å²) < 4.78 is 5.37. The van der Waals surface area contributed by atoms with Gasteiger partial charge in [-0.1, -0.05) is 42.5 Å². The van der Waals surface area contributed by atoms with Crippen LogP contribution in [0.4, 0.5) is 0 Å². The van der Waals surface area contributed by atoms with Crippen LogP contribution in [0.25, 0.3) is 0 Å². The van der Waals surface area contributed by atoms with Crippen LogP contribution in [0.1, 0.15) is 16.5 Å². The minimum atomic E-state index is 0.0252. The van der Waals surface area contributed by atoms with Crippen molar-refractivity contribution < 1.29 is 4.74 Å². The van der Waals surface area contributed by atoms with E-state index in [1.165, 1.54) is 5.56 Å². The number of hydrogen-bond acceptors (Lipinski definition) is 5. The predicted octanol–water partition coefficient (Wildman–Crippen LogP) is 2.48. The van der Waals surface area contributed by atoms with E-state index in [1.54, 1.807) is 11.3 Å². The summed E-state index contributed by atoms with van der Waals surface area (Å²) in [4.78, 5) is 7.61. The summed E-state index contributed by atoms with van der Waals surface area (Å²) in [5.74, 6) is 0.0252. The SMILES string of the molecule is S=C(NCN1CCOCC1)C(c1ccccc1)c1nccs1. The third-order valence-corrected chi connectivity index (χ3v) is 4.89. The van der Waals surface area contributed by atoms with E-state index in [0.717, 1.165) is 43.0 Å². The minimum Gasteiger partial charge on any atom is -0.379 e. The number of aromatic nitrogens is 1. The highest BCUT2D eigenvalue weighted by Gasteiger charge is 2.22. The Morgan fingerprint density at radius 2 is 2.09 bits per heavy atom. The van der Waals surface area contributed by atoms with Gasteiger partial charge in [0.1, 0.15) is 5.01 Å². The Labute approximate surface area is 140 Å². The van der Waals surface area contributed by atoms with E-state index in [0.29, 0.717) is 0 Å². The molecule has 0 aliphatic carbocycles. The maximum absolute atomic E-state index is 5.67. The van der Waals surface area contributed by atoms with Crippen molar-refractivity contribution >= 4 is 28.5 Å². The van der Waals surface area contributed by atoms with E-state index >= 15 is 0 Å². The Kier molecular flexibility index (Phi) is 5.50. The molecule has 0 bridgehead atoms. The zero-order chi connectivity index (χ0) is 15.2. The second kappa shape index (κ2) is 7.78. The van der Waals surface area contributed by atoms with Gasteiger partial charge in [0.15, 0.2) is 0 Å². The van der Waals surface area contributed by atoms with Gasteiger partial charge in [-0.15, -0.1) is 11.3 Å². The molecule has 0 saturated carbocycles. The molecule has 0 spiro atoms. The molecular formula is C16H19N3OS2. The van der Waals surface area contributed by atoms with Crippen LogP contribution in [-0.2, 0) is 4.74 Å². The third-order valence-electron chi connectivity index (χ3n) is 3.67. The molecule has 1 unspecified atom stereocenters. The number of thiocarbonyl (C=S) groups is 1. The fourth-order valence-corrected chi connectivity index (χ4v) is 3.64. The fourth-order valence-electron chi connectivity index (χ4n) is 2.48. The zero-order valence-electron chi connectivity index (χ0n) is 12.3. The molecule has 2 heterocycles. The second-order valence-corrected chi connectivity index (χ2v) is 6.51. The number of benzene rings is 1. The molecule has 0 radical (unpaired) electrons. The Morgan fingerprint density at radius 1 is 1.32 bits per heavy atom. The van der Waals surface area contributed by atoms with E-state index in [4.69, 9.17) is 17.0 Å². The van der Waals surface area contributed by atoms with Gasteiger partial charge in [0.25, 0.3) is 0 Å². The van der Waals surface area contributed by atoms with Gasteiger partial charge < -0.3 is 10.1 Å². The standard InChI is InChI=1S/C16H19N3OS2/c21-15(18-12-19-7-9-20-10-8-19)14(16-17-6-11-22-16)13-4-2-1-3-5-13/h1-6,11,14H,7-10,12H2,(H,18,21). The molecule has 1 aliphatic heterocycles. The second-order valence-electron chi connectivity index (χ2n) is 5.14. The number of nitrogens with one attached hydrogen (secondary N) is 1. The molecule has 1 saturated heterocycles. The Balaban J connectivity index is 1.70. The van der Waals surface area contributed by atoms with Crippen LogP contribution in [0, 0.1) is 0 Å². The van der Waals surface area contributed by atoms with E-state index in [2.05, 4.69) is 27.3 Å². The largest absolute Gasteiger partial charge is 0.379 e. The molecule has 1 fully saturated rings. The normalized spacial score (nSPS) is 17.1. The fraction of sp³-hybridized carbons (Fsp3) is 0.375. The quantitative estimate of drug-likeness (QED) is 0.851. The monoisotopic (exact) mass is 333 g/mol.